The Labute approximate surface area is 229 Å². The van der Waals surface area contributed by atoms with Gasteiger partial charge in [0.25, 0.3) is 0 Å². The van der Waals surface area contributed by atoms with Crippen LogP contribution in [-0.4, -0.2) is 3.21 Å². The maximum atomic E-state index is 2.72. The number of hydrogen-bond donors (Lipinski definition) is 0. The molecular weight excluding hydrogens is 536 g/mol. The average molecular weight is 574 g/mol. The zero-order valence-electron chi connectivity index (χ0n) is 23.2. The second kappa shape index (κ2) is 9.70. The van der Waals surface area contributed by atoms with Gasteiger partial charge >= 0.3 is 231 Å². The standard InChI is InChI=1S/C13H9.C13H10.C9H13.2CH3.Zr/c1-3-7-12-10(5-1)9-11-6-2-4-8-13(11)12;1-3-7-12(8-4-1)11-13-9-5-2-6-10-13;1-8(2)7-9-5-3-4-6-9;;;/h1-5,7-8H,9H2;1-10H;5-6,8H,3,7H2,1-2H3;2*1H3;. The van der Waals surface area contributed by atoms with Gasteiger partial charge in [0.1, 0.15) is 0 Å². The molecule has 0 saturated heterocycles. The van der Waals surface area contributed by atoms with E-state index < -0.39 is 18.3 Å². The van der Waals surface area contributed by atoms with Gasteiger partial charge in [0.05, 0.1) is 0 Å². The molecule has 0 aliphatic heterocycles. The van der Waals surface area contributed by atoms with E-state index >= 15 is 0 Å². The third kappa shape index (κ3) is 4.11. The molecule has 0 spiro atoms. The van der Waals surface area contributed by atoms with Crippen molar-refractivity contribution in [3.63, 3.8) is 0 Å². The van der Waals surface area contributed by atoms with Crippen LogP contribution in [0.1, 0.15) is 48.9 Å². The van der Waals surface area contributed by atoms with Gasteiger partial charge < -0.3 is 0 Å². The van der Waals surface area contributed by atoms with Crippen molar-refractivity contribution in [2.24, 2.45) is 5.92 Å². The first-order valence-electron chi connectivity index (χ1n) is 14.1. The van der Waals surface area contributed by atoms with Crippen molar-refractivity contribution in [3.8, 4) is 11.1 Å². The molecule has 4 aromatic carbocycles. The summed E-state index contributed by atoms with van der Waals surface area (Å²) in [5.74, 6) is 0.660. The fourth-order valence-corrected chi connectivity index (χ4v) is 22.2. The van der Waals surface area contributed by atoms with Gasteiger partial charge in [0, 0.05) is 0 Å². The molecule has 6 rings (SSSR count). The van der Waals surface area contributed by atoms with Crippen molar-refractivity contribution in [1.29, 1.82) is 0 Å². The van der Waals surface area contributed by atoms with Crippen molar-refractivity contribution in [2.75, 3.05) is 0 Å². The molecule has 0 bridgehead atoms. The van der Waals surface area contributed by atoms with Gasteiger partial charge in [0.15, 0.2) is 0 Å². The van der Waals surface area contributed by atoms with E-state index in [9.17, 15) is 0 Å². The summed E-state index contributed by atoms with van der Waals surface area (Å²) in [4.78, 5) is 0. The third-order valence-corrected chi connectivity index (χ3v) is 24.9. The van der Waals surface area contributed by atoms with Gasteiger partial charge in [-0.2, -0.15) is 0 Å². The van der Waals surface area contributed by atoms with Gasteiger partial charge in [-0.1, -0.05) is 0 Å². The zero-order valence-corrected chi connectivity index (χ0v) is 25.6. The number of rotatable bonds is 6. The summed E-state index contributed by atoms with van der Waals surface area (Å²) in [6.07, 6.45) is 8.41. The van der Waals surface area contributed by atoms with Crippen molar-refractivity contribution >= 4 is 6.48 Å². The van der Waals surface area contributed by atoms with E-state index in [1.54, 1.807) is 15.3 Å². The molecule has 0 unspecified atom stereocenters. The van der Waals surface area contributed by atoms with Gasteiger partial charge in [0.2, 0.25) is 0 Å². The average Bonchev–Trinajstić information content (AvgIpc) is 3.55. The maximum absolute atomic E-state index is 4.17. The van der Waals surface area contributed by atoms with Crippen LogP contribution in [0.3, 0.4) is 0 Å². The van der Waals surface area contributed by atoms with Crippen LogP contribution in [0.2, 0.25) is 9.26 Å². The Morgan fingerprint density at radius 2 is 1.32 bits per heavy atom. The topological polar surface area (TPSA) is 0 Å². The minimum atomic E-state index is -4.17. The Balaban J connectivity index is 1.75. The van der Waals surface area contributed by atoms with Crippen LogP contribution in [-0.2, 0) is 24.7 Å². The summed E-state index contributed by atoms with van der Waals surface area (Å²) in [7, 11) is 0. The fraction of sp³-hybridized carbons (Fsp3) is 0.216. The molecule has 0 heterocycles. The van der Waals surface area contributed by atoms with E-state index in [2.05, 4.69) is 138 Å². The second-order valence-corrected chi connectivity index (χ2v) is 28.2. The third-order valence-electron chi connectivity index (χ3n) is 9.08. The van der Waals surface area contributed by atoms with Crippen LogP contribution < -0.4 is 3.27 Å². The summed E-state index contributed by atoms with van der Waals surface area (Å²) < 4.78 is 10.3. The molecule has 0 nitrogen and oxygen atoms in total. The van der Waals surface area contributed by atoms with Crippen LogP contribution in [0.25, 0.3) is 11.1 Å². The van der Waals surface area contributed by atoms with Crippen LogP contribution in [0, 0.1) is 5.92 Å². The molecule has 4 aromatic rings. The summed E-state index contributed by atoms with van der Waals surface area (Å²) in [6.45, 7) is 4.67. The minimum absolute atomic E-state index is 0.660. The molecule has 190 valence electrons. The quantitative estimate of drug-likeness (QED) is 0.190. The predicted octanol–water partition coefficient (Wildman–Crippen LogP) is 9.20. The second-order valence-electron chi connectivity index (χ2n) is 12.4. The van der Waals surface area contributed by atoms with Crippen LogP contribution in [0.5, 0.6) is 0 Å². The Kier molecular flexibility index (Phi) is 6.48. The molecule has 0 fully saturated rings. The molecule has 0 saturated carbocycles. The van der Waals surface area contributed by atoms with E-state index in [-0.39, 0.29) is 0 Å². The molecule has 0 aromatic heterocycles. The van der Waals surface area contributed by atoms with Crippen LogP contribution in [0.4, 0.5) is 0 Å². The first-order chi connectivity index (χ1) is 18.4. The van der Waals surface area contributed by atoms with Crippen LogP contribution in [0.15, 0.2) is 124 Å². The predicted molar refractivity (Wildman–Crippen MR) is 162 cm³/mol. The molecule has 2 aliphatic rings. The molecule has 1 heteroatoms. The van der Waals surface area contributed by atoms with Crippen molar-refractivity contribution in [2.45, 2.75) is 42.4 Å². The Morgan fingerprint density at radius 3 is 1.97 bits per heavy atom. The number of benzene rings is 4. The van der Waals surface area contributed by atoms with Gasteiger partial charge in [-0.15, -0.1) is 0 Å². The number of allylic oxidation sites excluding steroid dienone is 4. The molecule has 38 heavy (non-hydrogen) atoms. The van der Waals surface area contributed by atoms with Gasteiger partial charge in [-0.3, -0.25) is 0 Å². The van der Waals surface area contributed by atoms with Crippen molar-refractivity contribution in [1.82, 2.24) is 0 Å². The van der Waals surface area contributed by atoms with Crippen molar-refractivity contribution in [3.05, 3.63) is 146 Å². The monoisotopic (exact) mass is 572 g/mol. The van der Waals surface area contributed by atoms with E-state index in [0.717, 1.165) is 19.3 Å². The Bertz CT molecular complexity index is 1600. The Morgan fingerprint density at radius 1 is 0.711 bits per heavy atom. The molecule has 0 N–H and O–H groups in total. The normalized spacial score (nSPS) is 14.7. The molecular formula is C37H38Zr. The van der Waals surface area contributed by atoms with Gasteiger partial charge in [-0.05, 0) is 0 Å². The number of fused-ring (bicyclic) bond motifs is 3. The first-order valence-corrected chi connectivity index (χ1v) is 22.7. The summed E-state index contributed by atoms with van der Waals surface area (Å²) in [5, 5.41) is 0. The fourth-order valence-electron chi connectivity index (χ4n) is 7.29. The summed E-state index contributed by atoms with van der Waals surface area (Å²) in [6, 6.07) is 38.8. The first kappa shape index (κ1) is 25.4. The van der Waals surface area contributed by atoms with E-state index in [4.69, 9.17) is 0 Å². The van der Waals surface area contributed by atoms with E-state index in [1.807, 2.05) is 0 Å². The van der Waals surface area contributed by atoms with Crippen LogP contribution >= 0.6 is 0 Å². The molecule has 0 radical (unpaired) electrons. The molecule has 0 atom stereocenters. The van der Waals surface area contributed by atoms with Crippen molar-refractivity contribution < 1.29 is 18.3 Å². The summed E-state index contributed by atoms with van der Waals surface area (Å²) >= 11 is -4.17. The molecule has 2 aliphatic carbocycles. The Hall–Kier alpha value is -2.89. The number of hydrogen-bond acceptors (Lipinski definition) is 0. The molecule has 0 amide bonds. The SMILES string of the molecule is CC(C)CC1=CC[C]([Zr]([CH3])([CH3])(=[C](c2ccccc2)c2ccccc2)[c]2cccc3c2Cc2ccccc2-3)=C1. The van der Waals surface area contributed by atoms with E-state index in [1.165, 1.54) is 33.4 Å². The van der Waals surface area contributed by atoms with E-state index in [0.29, 0.717) is 5.92 Å². The zero-order chi connectivity index (χ0) is 26.4. The van der Waals surface area contributed by atoms with Gasteiger partial charge in [-0.25, -0.2) is 0 Å². The summed E-state index contributed by atoms with van der Waals surface area (Å²) in [5.41, 5.74) is 10.2.